The molecule has 0 aromatic heterocycles. The Labute approximate surface area is 198 Å². The van der Waals surface area contributed by atoms with E-state index in [9.17, 15) is 10.2 Å². The van der Waals surface area contributed by atoms with Gasteiger partial charge in [-0.15, -0.1) is 0 Å². The van der Waals surface area contributed by atoms with Crippen LogP contribution in [0.4, 0.5) is 0 Å². The molecule has 0 heterocycles. The van der Waals surface area contributed by atoms with E-state index in [4.69, 9.17) is 4.74 Å². The lowest BCUT2D eigenvalue weighted by Crippen LogP contribution is -2.62. The quantitative estimate of drug-likeness (QED) is 0.481. The van der Waals surface area contributed by atoms with Gasteiger partial charge in [0.2, 0.25) is 0 Å². The van der Waals surface area contributed by atoms with Gasteiger partial charge in [-0.3, -0.25) is 0 Å². The molecular formula is C29H52O3. The third-order valence-corrected chi connectivity index (χ3v) is 11.6. The van der Waals surface area contributed by atoms with E-state index < -0.39 is 11.2 Å². The van der Waals surface area contributed by atoms with Crippen molar-refractivity contribution in [2.75, 3.05) is 13.7 Å². The average molecular weight is 449 g/mol. The molecule has 1 unspecified atom stereocenters. The molecule has 4 rings (SSSR count). The molecule has 0 bridgehead atoms. The van der Waals surface area contributed by atoms with Gasteiger partial charge in [0.05, 0.1) is 17.8 Å². The summed E-state index contributed by atoms with van der Waals surface area (Å²) in [5.74, 6) is 3.91. The van der Waals surface area contributed by atoms with Crippen LogP contribution in [0.5, 0.6) is 0 Å². The molecular weight excluding hydrogens is 396 g/mol. The van der Waals surface area contributed by atoms with E-state index >= 15 is 0 Å². The summed E-state index contributed by atoms with van der Waals surface area (Å²) in [6.07, 6.45) is 13.1. The zero-order valence-corrected chi connectivity index (χ0v) is 22.2. The minimum absolute atomic E-state index is 0.192. The molecule has 2 N–H and O–H groups in total. The van der Waals surface area contributed by atoms with Crippen molar-refractivity contribution in [2.45, 2.75) is 123 Å². The van der Waals surface area contributed by atoms with Crippen molar-refractivity contribution in [2.24, 2.45) is 45.8 Å². The second kappa shape index (κ2) is 8.23. The first kappa shape index (κ1) is 25.0. The van der Waals surface area contributed by atoms with Gasteiger partial charge in [0.25, 0.3) is 0 Å². The fourth-order valence-electron chi connectivity index (χ4n) is 10.1. The van der Waals surface area contributed by atoms with Crippen molar-refractivity contribution in [1.82, 2.24) is 0 Å². The van der Waals surface area contributed by atoms with Crippen molar-refractivity contribution in [3.8, 4) is 0 Å². The largest absolute Gasteiger partial charge is 0.390 e. The van der Waals surface area contributed by atoms with Crippen LogP contribution in [0.1, 0.15) is 112 Å². The lowest BCUT2D eigenvalue weighted by Gasteiger charge is -2.67. The highest BCUT2D eigenvalue weighted by molar-refractivity contribution is 5.15. The molecule has 0 aliphatic heterocycles. The third kappa shape index (κ3) is 4.01. The Morgan fingerprint density at radius 1 is 0.969 bits per heavy atom. The van der Waals surface area contributed by atoms with Crippen LogP contribution in [0.25, 0.3) is 0 Å². The molecule has 4 aliphatic carbocycles. The predicted molar refractivity (Wildman–Crippen MR) is 131 cm³/mol. The molecule has 0 aromatic carbocycles. The Morgan fingerprint density at radius 2 is 1.69 bits per heavy atom. The fourth-order valence-corrected chi connectivity index (χ4v) is 10.1. The summed E-state index contributed by atoms with van der Waals surface area (Å²) in [5.41, 5.74) is -0.178. The lowest BCUT2D eigenvalue weighted by atomic mass is 9.39. The molecule has 4 aliphatic rings. The second-order valence-corrected chi connectivity index (χ2v) is 14.3. The summed E-state index contributed by atoms with van der Waals surface area (Å²) >= 11 is 0. The molecule has 4 saturated carbocycles. The predicted octanol–water partition coefficient (Wildman–Crippen LogP) is 6.60. The van der Waals surface area contributed by atoms with Crippen LogP contribution in [0.2, 0.25) is 0 Å². The summed E-state index contributed by atoms with van der Waals surface area (Å²) < 4.78 is 5.98. The SMILES string of the molecule is COC[C@]12CC[C@](C)(O)C[C@]1(C)CC[C@@H]1[C@@H]2CC[C@]2(C)C([C@H](C)CCC(C)(C)O)CC[C@@H]12. The van der Waals surface area contributed by atoms with Gasteiger partial charge in [-0.1, -0.05) is 20.8 Å². The van der Waals surface area contributed by atoms with Crippen molar-refractivity contribution < 1.29 is 14.9 Å². The maximum absolute atomic E-state index is 11.0. The molecule has 3 heteroatoms. The standard InChI is InChI=1S/C29H52O3/c1-20(10-13-25(2,3)30)22-8-9-23-21-11-14-26(4)18-27(5,31)16-17-29(26,19-32-7)24(21)12-15-28(22,23)6/h20-24,30-31H,8-19H2,1-7H3/t20-,21+,22?,23+,24+,26+,27+,28-,29+/m1/s1. The van der Waals surface area contributed by atoms with Crippen LogP contribution >= 0.6 is 0 Å². The Hall–Kier alpha value is -0.120. The first-order valence-corrected chi connectivity index (χ1v) is 13.7. The zero-order chi connectivity index (χ0) is 23.6. The van der Waals surface area contributed by atoms with Crippen LogP contribution in [0.15, 0.2) is 0 Å². The minimum atomic E-state index is -0.548. The van der Waals surface area contributed by atoms with Crippen molar-refractivity contribution in [3.05, 3.63) is 0 Å². The highest BCUT2D eigenvalue weighted by Crippen LogP contribution is 2.72. The highest BCUT2D eigenvalue weighted by Gasteiger charge is 2.66. The number of aliphatic hydroxyl groups is 2. The van der Waals surface area contributed by atoms with Gasteiger partial charge in [0.1, 0.15) is 0 Å². The molecule has 186 valence electrons. The van der Waals surface area contributed by atoms with E-state index in [1.165, 1.54) is 38.5 Å². The number of rotatable bonds is 6. The van der Waals surface area contributed by atoms with Gasteiger partial charge in [0, 0.05) is 12.5 Å². The van der Waals surface area contributed by atoms with E-state index in [0.717, 1.165) is 62.4 Å². The molecule has 32 heavy (non-hydrogen) atoms. The number of hydrogen-bond donors (Lipinski definition) is 2. The molecule has 0 amide bonds. The van der Waals surface area contributed by atoms with E-state index in [0.29, 0.717) is 11.3 Å². The number of ether oxygens (including phenoxy) is 1. The van der Waals surface area contributed by atoms with E-state index in [1.807, 2.05) is 21.0 Å². The van der Waals surface area contributed by atoms with Gasteiger partial charge in [-0.25, -0.2) is 0 Å². The van der Waals surface area contributed by atoms with Gasteiger partial charge >= 0.3 is 0 Å². The van der Waals surface area contributed by atoms with Crippen LogP contribution in [-0.2, 0) is 4.74 Å². The number of fused-ring (bicyclic) bond motifs is 5. The summed E-state index contributed by atoms with van der Waals surface area (Å²) in [6.45, 7) is 14.4. The average Bonchev–Trinajstić information content (AvgIpc) is 3.03. The number of hydrogen-bond acceptors (Lipinski definition) is 3. The van der Waals surface area contributed by atoms with Crippen LogP contribution < -0.4 is 0 Å². The smallest absolute Gasteiger partial charge is 0.0625 e. The van der Waals surface area contributed by atoms with Crippen LogP contribution in [0.3, 0.4) is 0 Å². The Morgan fingerprint density at radius 3 is 2.34 bits per heavy atom. The summed E-state index contributed by atoms with van der Waals surface area (Å²) in [6, 6.07) is 0. The monoisotopic (exact) mass is 448 g/mol. The zero-order valence-electron chi connectivity index (χ0n) is 22.2. The molecule has 0 aromatic rings. The third-order valence-electron chi connectivity index (χ3n) is 11.6. The molecule has 3 nitrogen and oxygen atoms in total. The van der Waals surface area contributed by atoms with Crippen molar-refractivity contribution >= 4 is 0 Å². The Kier molecular flexibility index (Phi) is 6.43. The van der Waals surface area contributed by atoms with Crippen LogP contribution in [0, 0.1) is 45.8 Å². The van der Waals surface area contributed by atoms with Gasteiger partial charge < -0.3 is 14.9 Å². The maximum atomic E-state index is 11.0. The first-order valence-electron chi connectivity index (χ1n) is 13.7. The molecule has 0 spiro atoms. The summed E-state index contributed by atoms with van der Waals surface area (Å²) in [4.78, 5) is 0. The fraction of sp³-hybridized carbons (Fsp3) is 1.00. The van der Waals surface area contributed by atoms with Crippen molar-refractivity contribution in [3.63, 3.8) is 0 Å². The van der Waals surface area contributed by atoms with Gasteiger partial charge in [-0.2, -0.15) is 0 Å². The maximum Gasteiger partial charge on any atom is 0.0625 e. The van der Waals surface area contributed by atoms with E-state index in [1.54, 1.807) is 0 Å². The minimum Gasteiger partial charge on any atom is -0.390 e. The van der Waals surface area contributed by atoms with Gasteiger partial charge in [0.15, 0.2) is 0 Å². The lowest BCUT2D eigenvalue weighted by molar-refractivity contribution is -0.216. The van der Waals surface area contributed by atoms with Crippen molar-refractivity contribution in [1.29, 1.82) is 0 Å². The molecule has 0 radical (unpaired) electrons. The topological polar surface area (TPSA) is 49.7 Å². The Balaban J connectivity index is 1.57. The van der Waals surface area contributed by atoms with E-state index in [2.05, 4.69) is 27.7 Å². The highest BCUT2D eigenvalue weighted by atomic mass is 16.5. The summed E-state index contributed by atoms with van der Waals surface area (Å²) in [7, 11) is 1.90. The normalized spacial score (nSPS) is 49.8. The second-order valence-electron chi connectivity index (χ2n) is 14.3. The van der Waals surface area contributed by atoms with Crippen LogP contribution in [-0.4, -0.2) is 35.1 Å². The summed E-state index contributed by atoms with van der Waals surface area (Å²) in [5, 5.41) is 21.3. The Bertz CT molecular complexity index is 680. The molecule has 0 saturated heterocycles. The first-order chi connectivity index (χ1) is 14.8. The van der Waals surface area contributed by atoms with Gasteiger partial charge in [-0.05, 0) is 132 Å². The number of methoxy groups -OCH3 is 1. The van der Waals surface area contributed by atoms with E-state index in [-0.39, 0.29) is 10.8 Å². The molecule has 4 fully saturated rings. The molecule has 9 atom stereocenters.